The molecular weight excluding hydrogens is 390 g/mol. The minimum absolute atomic E-state index is 0.0956. The topological polar surface area (TPSA) is 58.6 Å². The number of thiophene rings is 1. The molecule has 0 aliphatic carbocycles. The first kappa shape index (κ1) is 17.1. The van der Waals surface area contributed by atoms with Gasteiger partial charge in [-0.2, -0.15) is 0 Å². The van der Waals surface area contributed by atoms with Gasteiger partial charge in [-0.3, -0.25) is 4.79 Å². The van der Waals surface area contributed by atoms with Crippen molar-refractivity contribution in [1.29, 1.82) is 0 Å². The highest BCUT2D eigenvalue weighted by Gasteiger charge is 2.14. The van der Waals surface area contributed by atoms with Crippen molar-refractivity contribution in [3.8, 4) is 11.5 Å². The Bertz CT molecular complexity index is 675. The standard InChI is InChI=1S/C15H15BrClNO3S/c1-2-21-12-8-9(7-11(17)14(12)19)15(20)18-6-5-10-3-4-13(16)22-10/h3-4,7-8,19H,2,5-6H2,1H3,(H,18,20). The van der Waals surface area contributed by atoms with Crippen LogP contribution in [0.2, 0.25) is 5.02 Å². The molecule has 0 aliphatic rings. The van der Waals surface area contributed by atoms with E-state index in [-0.39, 0.29) is 22.4 Å². The van der Waals surface area contributed by atoms with Crippen molar-refractivity contribution in [1.82, 2.24) is 5.32 Å². The fourth-order valence-corrected chi connectivity index (χ4v) is 3.55. The minimum Gasteiger partial charge on any atom is -0.503 e. The van der Waals surface area contributed by atoms with Crippen LogP contribution in [0.5, 0.6) is 11.5 Å². The van der Waals surface area contributed by atoms with E-state index in [9.17, 15) is 9.90 Å². The second-order valence-electron chi connectivity index (χ2n) is 4.45. The van der Waals surface area contributed by atoms with Gasteiger partial charge in [-0.15, -0.1) is 11.3 Å². The average molecular weight is 405 g/mol. The smallest absolute Gasteiger partial charge is 0.251 e. The number of hydrogen-bond donors (Lipinski definition) is 2. The molecule has 0 bridgehead atoms. The van der Waals surface area contributed by atoms with Gasteiger partial charge in [0.15, 0.2) is 11.5 Å². The molecule has 0 unspecified atom stereocenters. The monoisotopic (exact) mass is 403 g/mol. The molecule has 1 amide bonds. The number of amides is 1. The highest BCUT2D eigenvalue weighted by molar-refractivity contribution is 9.11. The van der Waals surface area contributed by atoms with Crippen LogP contribution >= 0.6 is 38.9 Å². The van der Waals surface area contributed by atoms with Crippen molar-refractivity contribution in [3.05, 3.63) is 43.5 Å². The maximum atomic E-state index is 12.1. The Morgan fingerprint density at radius 2 is 2.23 bits per heavy atom. The van der Waals surface area contributed by atoms with Gasteiger partial charge in [0.05, 0.1) is 15.4 Å². The average Bonchev–Trinajstić information content (AvgIpc) is 2.89. The van der Waals surface area contributed by atoms with E-state index in [2.05, 4.69) is 21.2 Å². The quantitative estimate of drug-likeness (QED) is 0.757. The number of phenols is 1. The third-order valence-corrected chi connectivity index (χ3v) is 4.85. The van der Waals surface area contributed by atoms with Gasteiger partial charge in [-0.1, -0.05) is 11.6 Å². The zero-order chi connectivity index (χ0) is 16.1. The van der Waals surface area contributed by atoms with Crippen molar-refractivity contribution in [3.63, 3.8) is 0 Å². The molecular formula is C15H15BrClNO3S. The minimum atomic E-state index is -0.251. The lowest BCUT2D eigenvalue weighted by atomic mass is 10.2. The van der Waals surface area contributed by atoms with E-state index in [0.29, 0.717) is 18.7 Å². The molecule has 7 heteroatoms. The number of phenolic OH excluding ortho intramolecular Hbond substituents is 1. The molecule has 0 atom stereocenters. The molecule has 1 heterocycles. The predicted octanol–water partition coefficient (Wildman–Crippen LogP) is 4.24. The van der Waals surface area contributed by atoms with Crippen LogP contribution in [0.1, 0.15) is 22.2 Å². The SMILES string of the molecule is CCOc1cc(C(=O)NCCc2ccc(Br)s2)cc(Cl)c1O. The van der Waals surface area contributed by atoms with Crippen LogP contribution in [-0.4, -0.2) is 24.2 Å². The Kier molecular flexibility index (Phi) is 6.11. The van der Waals surface area contributed by atoms with Crippen LogP contribution in [0.3, 0.4) is 0 Å². The van der Waals surface area contributed by atoms with Crippen LogP contribution in [0, 0.1) is 0 Å². The summed E-state index contributed by atoms with van der Waals surface area (Å²) in [5.74, 6) is -0.190. The summed E-state index contributed by atoms with van der Waals surface area (Å²) in [5, 5.41) is 12.7. The molecule has 22 heavy (non-hydrogen) atoms. The number of nitrogens with one attached hydrogen (secondary N) is 1. The summed E-state index contributed by atoms with van der Waals surface area (Å²) in [4.78, 5) is 13.3. The summed E-state index contributed by atoms with van der Waals surface area (Å²) < 4.78 is 6.34. The van der Waals surface area contributed by atoms with E-state index in [1.54, 1.807) is 18.3 Å². The first-order valence-electron chi connectivity index (χ1n) is 6.69. The highest BCUT2D eigenvalue weighted by atomic mass is 79.9. The Hall–Kier alpha value is -1.24. The molecule has 1 aromatic heterocycles. The number of benzene rings is 1. The lowest BCUT2D eigenvalue weighted by Gasteiger charge is -2.10. The van der Waals surface area contributed by atoms with Gasteiger partial charge in [0.25, 0.3) is 5.91 Å². The largest absolute Gasteiger partial charge is 0.503 e. The molecule has 0 radical (unpaired) electrons. The lowest BCUT2D eigenvalue weighted by molar-refractivity contribution is 0.0953. The highest BCUT2D eigenvalue weighted by Crippen LogP contribution is 2.35. The predicted molar refractivity (Wildman–Crippen MR) is 92.3 cm³/mol. The summed E-state index contributed by atoms with van der Waals surface area (Å²) in [7, 11) is 0. The fourth-order valence-electron chi connectivity index (χ4n) is 1.86. The van der Waals surface area contributed by atoms with E-state index >= 15 is 0 Å². The molecule has 0 spiro atoms. The van der Waals surface area contributed by atoms with Crippen molar-refractivity contribution in [2.45, 2.75) is 13.3 Å². The van der Waals surface area contributed by atoms with Crippen LogP contribution in [0.15, 0.2) is 28.1 Å². The molecule has 4 nitrogen and oxygen atoms in total. The normalized spacial score (nSPS) is 10.5. The van der Waals surface area contributed by atoms with Crippen LogP contribution in [0.25, 0.3) is 0 Å². The van der Waals surface area contributed by atoms with Crippen molar-refractivity contribution in [2.75, 3.05) is 13.2 Å². The van der Waals surface area contributed by atoms with Gasteiger partial charge in [0, 0.05) is 17.0 Å². The number of hydrogen-bond acceptors (Lipinski definition) is 4. The molecule has 2 N–H and O–H groups in total. The third-order valence-electron chi connectivity index (χ3n) is 2.88. The maximum Gasteiger partial charge on any atom is 0.251 e. The maximum absolute atomic E-state index is 12.1. The van der Waals surface area contributed by atoms with E-state index in [0.717, 1.165) is 10.2 Å². The summed E-state index contributed by atoms with van der Waals surface area (Å²) in [5.41, 5.74) is 0.360. The van der Waals surface area contributed by atoms with E-state index in [1.165, 1.54) is 17.0 Å². The summed E-state index contributed by atoms with van der Waals surface area (Å²) in [6.07, 6.45) is 0.756. The molecule has 118 valence electrons. The van der Waals surface area contributed by atoms with E-state index < -0.39 is 0 Å². The number of ether oxygens (including phenoxy) is 1. The van der Waals surface area contributed by atoms with Gasteiger partial charge in [0.2, 0.25) is 0 Å². The van der Waals surface area contributed by atoms with Gasteiger partial charge in [0.1, 0.15) is 0 Å². The van der Waals surface area contributed by atoms with Crippen molar-refractivity contribution >= 4 is 44.8 Å². The lowest BCUT2D eigenvalue weighted by Crippen LogP contribution is -2.25. The molecule has 0 aliphatic heterocycles. The molecule has 0 saturated heterocycles. The molecule has 1 aromatic carbocycles. The van der Waals surface area contributed by atoms with Crippen molar-refractivity contribution in [2.24, 2.45) is 0 Å². The Labute approximate surface area is 146 Å². The fraction of sp³-hybridized carbons (Fsp3) is 0.267. The Morgan fingerprint density at radius 3 is 2.86 bits per heavy atom. The molecule has 2 aromatic rings. The van der Waals surface area contributed by atoms with E-state index in [1.807, 2.05) is 12.1 Å². The van der Waals surface area contributed by atoms with Gasteiger partial charge in [-0.05, 0) is 53.5 Å². The number of aromatic hydroxyl groups is 1. The molecule has 0 saturated carbocycles. The second-order valence-corrected chi connectivity index (χ2v) is 7.40. The van der Waals surface area contributed by atoms with Crippen LogP contribution in [0.4, 0.5) is 0 Å². The zero-order valence-corrected chi connectivity index (χ0v) is 15.0. The second kappa shape index (κ2) is 7.85. The van der Waals surface area contributed by atoms with E-state index in [4.69, 9.17) is 16.3 Å². The van der Waals surface area contributed by atoms with Crippen molar-refractivity contribution < 1.29 is 14.6 Å². The molecule has 2 rings (SSSR count). The van der Waals surface area contributed by atoms with Gasteiger partial charge < -0.3 is 15.2 Å². The number of carbonyl (C=O) groups is 1. The summed E-state index contributed by atoms with van der Waals surface area (Å²) >= 11 is 11.0. The Morgan fingerprint density at radius 1 is 1.45 bits per heavy atom. The van der Waals surface area contributed by atoms with Gasteiger partial charge >= 0.3 is 0 Å². The first-order valence-corrected chi connectivity index (χ1v) is 8.67. The van der Waals surface area contributed by atoms with Crippen LogP contribution < -0.4 is 10.1 Å². The number of halogens is 2. The first-order chi connectivity index (χ1) is 10.5. The Balaban J connectivity index is 1.99. The molecule has 0 fully saturated rings. The number of carbonyl (C=O) groups excluding carboxylic acids is 1. The summed E-state index contributed by atoms with van der Waals surface area (Å²) in [6.45, 7) is 2.69. The van der Waals surface area contributed by atoms with Crippen LogP contribution in [-0.2, 0) is 6.42 Å². The number of rotatable bonds is 6. The van der Waals surface area contributed by atoms with Gasteiger partial charge in [-0.25, -0.2) is 0 Å². The zero-order valence-electron chi connectivity index (χ0n) is 11.9. The third kappa shape index (κ3) is 4.38. The summed E-state index contributed by atoms with van der Waals surface area (Å²) in [6, 6.07) is 6.92.